The van der Waals surface area contributed by atoms with Gasteiger partial charge in [0.1, 0.15) is 0 Å². The lowest BCUT2D eigenvalue weighted by Gasteiger charge is -2.25. The van der Waals surface area contributed by atoms with Crippen LogP contribution in [0.25, 0.3) is 0 Å². The zero-order chi connectivity index (χ0) is 12.5. The zero-order valence-electron chi connectivity index (χ0n) is 10.3. The Morgan fingerprint density at radius 1 is 1.39 bits per heavy atom. The van der Waals surface area contributed by atoms with E-state index in [2.05, 4.69) is 12.2 Å². The molecule has 100 valence electrons. The van der Waals surface area contributed by atoms with Crippen LogP contribution in [0.5, 0.6) is 0 Å². The van der Waals surface area contributed by atoms with Crippen molar-refractivity contribution in [1.29, 1.82) is 0 Å². The van der Waals surface area contributed by atoms with Crippen molar-refractivity contribution in [3.05, 3.63) is 28.8 Å². The highest BCUT2D eigenvalue weighted by atomic mass is 35.5. The molecule has 1 aliphatic rings. The SMILES string of the molecule is CC1(NC(=O)c2ccc(N)cc2Cl)CCCC1.Cl. The molecule has 0 aromatic heterocycles. The molecule has 1 fully saturated rings. The van der Waals surface area contributed by atoms with Gasteiger partial charge in [0.15, 0.2) is 0 Å². The Kier molecular flexibility index (Phi) is 4.88. The number of nitrogens with two attached hydrogens (primary N) is 1. The van der Waals surface area contributed by atoms with Gasteiger partial charge >= 0.3 is 0 Å². The molecule has 3 N–H and O–H groups in total. The summed E-state index contributed by atoms with van der Waals surface area (Å²) in [5.41, 5.74) is 6.58. The maximum Gasteiger partial charge on any atom is 0.253 e. The lowest BCUT2D eigenvalue weighted by Crippen LogP contribution is -2.43. The van der Waals surface area contributed by atoms with Gasteiger partial charge in [-0.1, -0.05) is 24.4 Å². The number of anilines is 1. The molecule has 0 aliphatic heterocycles. The number of carbonyl (C=O) groups is 1. The summed E-state index contributed by atoms with van der Waals surface area (Å²) in [4.78, 5) is 12.1. The van der Waals surface area contributed by atoms with Crippen LogP contribution in [-0.2, 0) is 0 Å². The first-order valence-electron chi connectivity index (χ1n) is 5.88. The molecular weight excluding hydrogens is 271 g/mol. The van der Waals surface area contributed by atoms with Crippen molar-refractivity contribution in [1.82, 2.24) is 5.32 Å². The molecule has 2 rings (SSSR count). The number of benzene rings is 1. The van der Waals surface area contributed by atoms with Crippen LogP contribution < -0.4 is 11.1 Å². The average Bonchev–Trinajstić information content (AvgIpc) is 2.64. The van der Waals surface area contributed by atoms with E-state index in [1.807, 2.05) is 0 Å². The van der Waals surface area contributed by atoms with Crippen LogP contribution in [0.3, 0.4) is 0 Å². The highest BCUT2D eigenvalue weighted by Gasteiger charge is 2.30. The average molecular weight is 289 g/mol. The summed E-state index contributed by atoms with van der Waals surface area (Å²) in [5, 5.41) is 3.47. The van der Waals surface area contributed by atoms with Crippen LogP contribution >= 0.6 is 24.0 Å². The summed E-state index contributed by atoms with van der Waals surface area (Å²) in [7, 11) is 0. The van der Waals surface area contributed by atoms with Gasteiger partial charge in [-0.3, -0.25) is 4.79 Å². The van der Waals surface area contributed by atoms with Crippen LogP contribution in [0.4, 0.5) is 5.69 Å². The van der Waals surface area contributed by atoms with Gasteiger partial charge in [0.25, 0.3) is 5.91 Å². The fraction of sp³-hybridized carbons (Fsp3) is 0.462. The number of amides is 1. The predicted octanol–water partition coefficient (Wildman–Crippen LogP) is 3.41. The second kappa shape index (κ2) is 5.81. The first kappa shape index (κ1) is 15.1. The van der Waals surface area contributed by atoms with Crippen LogP contribution in [0.15, 0.2) is 18.2 Å². The van der Waals surface area contributed by atoms with Crippen molar-refractivity contribution in [3.63, 3.8) is 0 Å². The minimum atomic E-state index is -0.112. The predicted molar refractivity (Wildman–Crippen MR) is 77.5 cm³/mol. The van der Waals surface area contributed by atoms with Crippen LogP contribution in [0.2, 0.25) is 5.02 Å². The smallest absolute Gasteiger partial charge is 0.253 e. The number of rotatable bonds is 2. The van der Waals surface area contributed by atoms with Crippen LogP contribution in [0.1, 0.15) is 43.0 Å². The Morgan fingerprint density at radius 3 is 2.56 bits per heavy atom. The first-order chi connectivity index (χ1) is 8.00. The van der Waals surface area contributed by atoms with Gasteiger partial charge in [0.05, 0.1) is 10.6 Å². The number of nitrogens with one attached hydrogen (secondary N) is 1. The van der Waals surface area contributed by atoms with Gasteiger partial charge in [0.2, 0.25) is 0 Å². The largest absolute Gasteiger partial charge is 0.399 e. The molecule has 0 saturated heterocycles. The molecule has 0 bridgehead atoms. The second-order valence-corrected chi connectivity index (χ2v) is 5.37. The lowest BCUT2D eigenvalue weighted by atomic mass is 10.00. The molecule has 3 nitrogen and oxygen atoms in total. The topological polar surface area (TPSA) is 55.1 Å². The van der Waals surface area contributed by atoms with Gasteiger partial charge in [-0.2, -0.15) is 0 Å². The lowest BCUT2D eigenvalue weighted by molar-refractivity contribution is 0.0908. The summed E-state index contributed by atoms with van der Waals surface area (Å²) in [5.74, 6) is -0.112. The summed E-state index contributed by atoms with van der Waals surface area (Å²) in [6.07, 6.45) is 4.41. The summed E-state index contributed by atoms with van der Waals surface area (Å²) < 4.78 is 0. The van der Waals surface area contributed by atoms with Gasteiger partial charge < -0.3 is 11.1 Å². The number of hydrogen-bond acceptors (Lipinski definition) is 2. The van der Waals surface area contributed by atoms with E-state index in [4.69, 9.17) is 17.3 Å². The van der Waals surface area contributed by atoms with Crippen LogP contribution in [-0.4, -0.2) is 11.4 Å². The van der Waals surface area contributed by atoms with E-state index in [1.165, 1.54) is 12.8 Å². The molecule has 0 atom stereocenters. The van der Waals surface area contributed by atoms with E-state index in [1.54, 1.807) is 18.2 Å². The van der Waals surface area contributed by atoms with E-state index in [-0.39, 0.29) is 23.9 Å². The van der Waals surface area contributed by atoms with Crippen molar-refractivity contribution >= 4 is 35.6 Å². The van der Waals surface area contributed by atoms with Gasteiger partial charge in [-0.25, -0.2) is 0 Å². The molecule has 0 heterocycles. The Morgan fingerprint density at radius 2 is 2.00 bits per heavy atom. The van der Waals surface area contributed by atoms with E-state index in [9.17, 15) is 4.79 Å². The Bertz CT molecular complexity index is 443. The summed E-state index contributed by atoms with van der Waals surface area (Å²) in [6.45, 7) is 2.09. The summed E-state index contributed by atoms with van der Waals surface area (Å²) >= 11 is 6.01. The Balaban J connectivity index is 0.00000162. The quantitative estimate of drug-likeness (QED) is 0.820. The van der Waals surface area contributed by atoms with E-state index in [0.717, 1.165) is 12.8 Å². The molecule has 1 amide bonds. The molecular formula is C13H18Cl2N2O. The van der Waals surface area contributed by atoms with Gasteiger partial charge in [-0.05, 0) is 38.0 Å². The Hall–Kier alpha value is -0.930. The normalized spacial score (nSPS) is 17.0. The van der Waals surface area contributed by atoms with E-state index < -0.39 is 0 Å². The number of hydrogen-bond donors (Lipinski definition) is 2. The second-order valence-electron chi connectivity index (χ2n) is 4.96. The molecule has 1 aromatic carbocycles. The van der Waals surface area contributed by atoms with Crippen molar-refractivity contribution < 1.29 is 4.79 Å². The van der Waals surface area contributed by atoms with Crippen molar-refractivity contribution in [2.45, 2.75) is 38.1 Å². The Labute approximate surface area is 118 Å². The first-order valence-corrected chi connectivity index (χ1v) is 6.25. The minimum absolute atomic E-state index is 0. The fourth-order valence-electron chi connectivity index (χ4n) is 2.34. The van der Waals surface area contributed by atoms with E-state index >= 15 is 0 Å². The fourth-order valence-corrected chi connectivity index (χ4v) is 2.61. The highest BCUT2D eigenvalue weighted by molar-refractivity contribution is 6.34. The maximum absolute atomic E-state index is 12.1. The third-order valence-electron chi connectivity index (χ3n) is 3.36. The van der Waals surface area contributed by atoms with Crippen molar-refractivity contribution in [2.75, 3.05) is 5.73 Å². The standard InChI is InChI=1S/C13H17ClN2O.ClH/c1-13(6-2-3-7-13)16-12(17)10-5-4-9(15)8-11(10)14;/h4-5,8H,2-3,6-7,15H2,1H3,(H,16,17);1H. The van der Waals surface area contributed by atoms with E-state index in [0.29, 0.717) is 16.3 Å². The third-order valence-corrected chi connectivity index (χ3v) is 3.67. The number of carbonyl (C=O) groups excluding carboxylic acids is 1. The highest BCUT2D eigenvalue weighted by Crippen LogP contribution is 2.29. The molecule has 0 radical (unpaired) electrons. The number of halogens is 2. The zero-order valence-corrected chi connectivity index (χ0v) is 11.9. The van der Waals surface area contributed by atoms with Crippen molar-refractivity contribution in [2.24, 2.45) is 0 Å². The molecule has 1 saturated carbocycles. The molecule has 5 heteroatoms. The molecule has 1 aromatic rings. The van der Waals surface area contributed by atoms with Gasteiger partial charge in [-0.15, -0.1) is 12.4 Å². The van der Waals surface area contributed by atoms with Gasteiger partial charge in [0, 0.05) is 11.2 Å². The van der Waals surface area contributed by atoms with Crippen LogP contribution in [0, 0.1) is 0 Å². The van der Waals surface area contributed by atoms with Crippen molar-refractivity contribution in [3.8, 4) is 0 Å². The third kappa shape index (κ3) is 3.30. The molecule has 18 heavy (non-hydrogen) atoms. The molecule has 0 spiro atoms. The maximum atomic E-state index is 12.1. The molecule has 0 unspecified atom stereocenters. The minimum Gasteiger partial charge on any atom is -0.399 e. The monoisotopic (exact) mass is 288 g/mol. The number of nitrogen functional groups attached to an aromatic ring is 1. The molecule has 1 aliphatic carbocycles. The summed E-state index contributed by atoms with van der Waals surface area (Å²) in [6, 6.07) is 4.97.